The SMILES string of the molecule is O=S1(=O)NC(=NC2CC2)[C@@H](c2ccccc2Cl)N1. The predicted molar refractivity (Wildman–Crippen MR) is 69.8 cm³/mol. The Bertz CT molecular complexity index is 610. The molecule has 0 amide bonds. The van der Waals surface area contributed by atoms with Gasteiger partial charge in [-0.25, -0.2) is 0 Å². The number of hydrogen-bond donors (Lipinski definition) is 2. The van der Waals surface area contributed by atoms with E-state index in [2.05, 4.69) is 14.4 Å². The van der Waals surface area contributed by atoms with Crippen LogP contribution in [0.15, 0.2) is 29.3 Å². The van der Waals surface area contributed by atoms with E-state index in [-0.39, 0.29) is 6.04 Å². The minimum Gasteiger partial charge on any atom is -0.266 e. The maximum absolute atomic E-state index is 11.6. The molecule has 1 aromatic carbocycles. The lowest BCUT2D eigenvalue weighted by Crippen LogP contribution is -2.24. The van der Waals surface area contributed by atoms with E-state index in [4.69, 9.17) is 11.6 Å². The van der Waals surface area contributed by atoms with Crippen molar-refractivity contribution in [2.45, 2.75) is 24.9 Å². The number of hydrogen-bond acceptors (Lipinski definition) is 3. The third kappa shape index (κ3) is 2.36. The summed E-state index contributed by atoms with van der Waals surface area (Å²) in [5.74, 6) is 0.436. The summed E-state index contributed by atoms with van der Waals surface area (Å²) in [6.07, 6.45) is 2.03. The van der Waals surface area contributed by atoms with Crippen molar-refractivity contribution in [3.8, 4) is 0 Å². The second-order valence-corrected chi connectivity index (χ2v) is 6.28. The van der Waals surface area contributed by atoms with E-state index >= 15 is 0 Å². The van der Waals surface area contributed by atoms with Gasteiger partial charge in [-0.2, -0.15) is 13.1 Å². The maximum atomic E-state index is 11.6. The minimum atomic E-state index is -3.52. The van der Waals surface area contributed by atoms with Crippen LogP contribution in [-0.4, -0.2) is 20.3 Å². The van der Waals surface area contributed by atoms with Gasteiger partial charge in [0.15, 0.2) is 0 Å². The van der Waals surface area contributed by atoms with Crippen molar-refractivity contribution in [2.75, 3.05) is 0 Å². The van der Waals surface area contributed by atoms with E-state index < -0.39 is 16.3 Å². The Morgan fingerprint density at radius 3 is 2.67 bits per heavy atom. The Morgan fingerprint density at radius 2 is 2.00 bits per heavy atom. The lowest BCUT2D eigenvalue weighted by Gasteiger charge is -2.10. The molecule has 2 N–H and O–H groups in total. The van der Waals surface area contributed by atoms with Gasteiger partial charge >= 0.3 is 10.2 Å². The van der Waals surface area contributed by atoms with Crippen LogP contribution in [0.4, 0.5) is 0 Å². The van der Waals surface area contributed by atoms with Crippen LogP contribution in [-0.2, 0) is 10.2 Å². The predicted octanol–water partition coefficient (Wildman–Crippen LogP) is 1.38. The molecule has 1 aliphatic heterocycles. The molecule has 96 valence electrons. The number of rotatable bonds is 2. The molecular weight excluding hydrogens is 274 g/mol. The van der Waals surface area contributed by atoms with Crippen molar-refractivity contribution in [2.24, 2.45) is 4.99 Å². The Labute approximate surface area is 110 Å². The lowest BCUT2D eigenvalue weighted by molar-refractivity contribution is 0.583. The van der Waals surface area contributed by atoms with E-state index in [0.717, 1.165) is 12.8 Å². The Kier molecular flexibility index (Phi) is 2.80. The van der Waals surface area contributed by atoms with Crippen molar-refractivity contribution in [1.82, 2.24) is 9.44 Å². The molecule has 0 unspecified atom stereocenters. The Hall–Kier alpha value is -1.11. The van der Waals surface area contributed by atoms with Crippen molar-refractivity contribution < 1.29 is 8.42 Å². The zero-order chi connectivity index (χ0) is 12.8. The standard InChI is InChI=1S/C11H12ClN3O2S/c12-9-4-2-1-3-8(9)10-11(13-7-5-6-7)15-18(16,17)14-10/h1-4,7,10,14H,5-6H2,(H,13,15)/t10-/m1/s1. The van der Waals surface area contributed by atoms with Crippen LogP contribution in [0, 0.1) is 0 Å². The van der Waals surface area contributed by atoms with E-state index in [1.807, 2.05) is 6.07 Å². The Morgan fingerprint density at radius 1 is 1.28 bits per heavy atom. The topological polar surface area (TPSA) is 70.6 Å². The number of nitrogens with zero attached hydrogens (tertiary/aromatic N) is 1. The Balaban J connectivity index is 2.01. The van der Waals surface area contributed by atoms with Gasteiger partial charge in [-0.05, 0) is 24.5 Å². The van der Waals surface area contributed by atoms with Crippen LogP contribution in [0.2, 0.25) is 5.02 Å². The van der Waals surface area contributed by atoms with Crippen molar-refractivity contribution >= 4 is 27.6 Å². The highest BCUT2D eigenvalue weighted by Gasteiger charge is 2.36. The van der Waals surface area contributed by atoms with Gasteiger partial charge in [-0.15, -0.1) is 0 Å². The van der Waals surface area contributed by atoms with Gasteiger partial charge in [0, 0.05) is 5.02 Å². The molecule has 7 heteroatoms. The molecule has 2 fully saturated rings. The van der Waals surface area contributed by atoms with Crippen LogP contribution in [0.1, 0.15) is 24.4 Å². The molecule has 0 bridgehead atoms. The van der Waals surface area contributed by atoms with E-state index in [1.165, 1.54) is 0 Å². The summed E-state index contributed by atoms with van der Waals surface area (Å²) in [6, 6.07) is 6.89. The molecule has 1 aliphatic carbocycles. The highest BCUT2D eigenvalue weighted by molar-refractivity contribution is 7.88. The summed E-state index contributed by atoms with van der Waals surface area (Å²) < 4.78 is 28.1. The fourth-order valence-corrected chi connectivity index (χ4v) is 3.16. The second kappa shape index (κ2) is 4.22. The summed E-state index contributed by atoms with van der Waals surface area (Å²) >= 11 is 6.10. The molecule has 1 heterocycles. The second-order valence-electron chi connectivity index (χ2n) is 4.42. The lowest BCUT2D eigenvalue weighted by atomic mass is 10.1. The fraction of sp³-hybridized carbons (Fsp3) is 0.364. The zero-order valence-electron chi connectivity index (χ0n) is 9.43. The third-order valence-corrected chi connectivity index (χ3v) is 4.24. The van der Waals surface area contributed by atoms with Crippen molar-refractivity contribution in [3.63, 3.8) is 0 Å². The fourth-order valence-electron chi connectivity index (χ4n) is 1.86. The van der Waals surface area contributed by atoms with Crippen LogP contribution in [0.5, 0.6) is 0 Å². The van der Waals surface area contributed by atoms with Gasteiger partial charge in [0.25, 0.3) is 0 Å². The van der Waals surface area contributed by atoms with Crippen LogP contribution >= 0.6 is 11.6 Å². The smallest absolute Gasteiger partial charge is 0.266 e. The first-order valence-electron chi connectivity index (χ1n) is 5.67. The van der Waals surface area contributed by atoms with Gasteiger partial charge in [0.05, 0.1) is 6.04 Å². The summed E-state index contributed by atoms with van der Waals surface area (Å²) in [5, 5.41) is 0.525. The number of aliphatic imine (C=N–C) groups is 1. The van der Waals surface area contributed by atoms with Crippen molar-refractivity contribution in [3.05, 3.63) is 34.9 Å². The molecule has 0 spiro atoms. The molecule has 1 saturated carbocycles. The number of amidine groups is 1. The van der Waals surface area contributed by atoms with E-state index in [1.54, 1.807) is 18.2 Å². The largest absolute Gasteiger partial charge is 0.301 e. The first-order valence-corrected chi connectivity index (χ1v) is 7.53. The average Bonchev–Trinajstić information content (AvgIpc) is 3.04. The van der Waals surface area contributed by atoms with E-state index in [9.17, 15) is 8.42 Å². The molecule has 1 aromatic rings. The first-order chi connectivity index (χ1) is 8.55. The van der Waals surface area contributed by atoms with Gasteiger partial charge in [-0.1, -0.05) is 29.8 Å². The molecule has 0 radical (unpaired) electrons. The normalized spacial score (nSPS) is 28.3. The molecule has 18 heavy (non-hydrogen) atoms. The highest BCUT2D eigenvalue weighted by atomic mass is 35.5. The van der Waals surface area contributed by atoms with Gasteiger partial charge in [0.2, 0.25) is 0 Å². The van der Waals surface area contributed by atoms with Crippen LogP contribution in [0.25, 0.3) is 0 Å². The molecule has 3 rings (SSSR count). The van der Waals surface area contributed by atoms with Crippen molar-refractivity contribution in [1.29, 1.82) is 0 Å². The summed E-state index contributed by atoms with van der Waals surface area (Å²) in [7, 11) is -3.52. The average molecular weight is 286 g/mol. The number of nitrogens with one attached hydrogen (secondary N) is 2. The molecule has 1 atom stereocenters. The zero-order valence-corrected chi connectivity index (χ0v) is 11.0. The monoisotopic (exact) mass is 285 g/mol. The third-order valence-electron chi connectivity index (χ3n) is 2.87. The summed E-state index contributed by atoms with van der Waals surface area (Å²) in [5.41, 5.74) is 0.715. The summed E-state index contributed by atoms with van der Waals surface area (Å²) in [6.45, 7) is 0. The molecular formula is C11H12ClN3O2S. The van der Waals surface area contributed by atoms with Crippen LogP contribution < -0.4 is 9.44 Å². The quantitative estimate of drug-likeness (QED) is 0.862. The molecule has 2 aliphatic rings. The molecule has 0 aromatic heterocycles. The van der Waals surface area contributed by atoms with Crippen LogP contribution in [0.3, 0.4) is 0 Å². The number of halogens is 1. The summed E-state index contributed by atoms with van der Waals surface area (Å²) in [4.78, 5) is 4.39. The molecule has 5 nitrogen and oxygen atoms in total. The van der Waals surface area contributed by atoms with Gasteiger partial charge in [0.1, 0.15) is 11.9 Å². The van der Waals surface area contributed by atoms with Gasteiger partial charge in [-0.3, -0.25) is 9.71 Å². The minimum absolute atomic E-state index is 0.243. The van der Waals surface area contributed by atoms with Gasteiger partial charge < -0.3 is 0 Å². The number of benzene rings is 1. The first kappa shape index (κ1) is 12.0. The molecule has 1 saturated heterocycles. The highest BCUT2D eigenvalue weighted by Crippen LogP contribution is 2.30. The van der Waals surface area contributed by atoms with E-state index in [0.29, 0.717) is 16.4 Å². The maximum Gasteiger partial charge on any atom is 0.301 e.